The van der Waals surface area contributed by atoms with Crippen LogP contribution in [-0.2, 0) is 35.3 Å². The molecule has 5 atom stereocenters. The van der Waals surface area contributed by atoms with Crippen LogP contribution in [-0.4, -0.2) is 142 Å². The predicted octanol–water partition coefficient (Wildman–Crippen LogP) is 9.53. The Morgan fingerprint density at radius 1 is 0.662 bits per heavy atom. The number of carboxylic acid groups (broad SMARTS) is 2. The monoisotopic (exact) mass is 1070 g/mol. The number of aliphatic carboxylic acids is 2. The van der Waals surface area contributed by atoms with Crippen LogP contribution < -0.4 is 33.3 Å². The molecule has 408 valence electrons. The van der Waals surface area contributed by atoms with E-state index in [0.29, 0.717) is 46.2 Å². The molecule has 17 heteroatoms. The Labute approximate surface area is 455 Å². The first-order valence-corrected chi connectivity index (χ1v) is 26.4. The Bertz CT molecular complexity index is 2980. The predicted molar refractivity (Wildman–Crippen MR) is 297 cm³/mol. The van der Waals surface area contributed by atoms with Gasteiger partial charge in [-0.1, -0.05) is 61.2 Å². The van der Waals surface area contributed by atoms with Crippen molar-refractivity contribution in [3.63, 3.8) is 0 Å². The second-order valence-corrected chi connectivity index (χ2v) is 21.1. The van der Waals surface area contributed by atoms with Gasteiger partial charge in [0.25, 0.3) is 0 Å². The maximum absolute atomic E-state index is 9.77. The quantitative estimate of drug-likeness (QED) is 0.0961. The molecule has 0 amide bonds. The van der Waals surface area contributed by atoms with Crippen LogP contribution in [0.1, 0.15) is 52.4 Å². The Balaban J connectivity index is 0.000000207. The number of fused-ring (bicyclic) bond motifs is 4. The van der Waals surface area contributed by atoms with Crippen molar-refractivity contribution in [2.45, 2.75) is 66.7 Å². The molecule has 0 aliphatic carbocycles. The van der Waals surface area contributed by atoms with Crippen LogP contribution in [0.3, 0.4) is 0 Å². The number of carbonyl (C=O) groups is 2. The van der Waals surface area contributed by atoms with Crippen molar-refractivity contribution in [1.82, 2.24) is 14.7 Å². The molecule has 77 heavy (non-hydrogen) atoms. The molecule has 6 aromatic carbocycles. The number of anilines is 2. The summed E-state index contributed by atoms with van der Waals surface area (Å²) in [6.07, 6.45) is -1.16. The van der Waals surface area contributed by atoms with Crippen LogP contribution in [0.4, 0.5) is 11.4 Å². The second-order valence-electron chi connectivity index (χ2n) is 20.0. The summed E-state index contributed by atoms with van der Waals surface area (Å²) in [7, 11) is 15.4. The number of hydrogen-bond donors (Lipinski definition) is 4. The summed E-state index contributed by atoms with van der Waals surface area (Å²) in [4.78, 5) is 31.8. The average molecular weight is 1070 g/mol. The molecule has 0 radical (unpaired) electrons. The number of benzene rings is 6. The number of methoxy groups -OCH3 is 4. The number of ether oxygens (including phenoxy) is 6. The molecule has 5 aliphatic rings. The van der Waals surface area contributed by atoms with E-state index in [9.17, 15) is 9.59 Å². The zero-order chi connectivity index (χ0) is 55.1. The number of para-hydroxylation sites is 2. The highest BCUT2D eigenvalue weighted by molar-refractivity contribution is 7.99. The molecule has 11 rings (SSSR count). The fourth-order valence-electron chi connectivity index (χ4n) is 10.5. The summed E-state index contributed by atoms with van der Waals surface area (Å²) in [5.41, 5.74) is 9.83. The van der Waals surface area contributed by atoms with Gasteiger partial charge in [-0.05, 0) is 154 Å². The Kier molecular flexibility index (Phi) is 18.2. The molecule has 0 aromatic heterocycles. The van der Waals surface area contributed by atoms with E-state index in [-0.39, 0.29) is 12.1 Å². The lowest BCUT2D eigenvalue weighted by Crippen LogP contribution is -2.39. The molecule has 16 nitrogen and oxygen atoms in total. The van der Waals surface area contributed by atoms with E-state index in [2.05, 4.69) is 146 Å². The van der Waals surface area contributed by atoms with E-state index in [1.807, 2.05) is 30.0 Å². The smallest absolute Gasteiger partial charge is 0.335 e. The first-order chi connectivity index (χ1) is 37.0. The van der Waals surface area contributed by atoms with Gasteiger partial charge in [-0.2, -0.15) is 0 Å². The summed E-state index contributed by atoms with van der Waals surface area (Å²) >= 11 is 1.88. The van der Waals surface area contributed by atoms with E-state index < -0.39 is 24.1 Å². The van der Waals surface area contributed by atoms with Crippen LogP contribution in [0.25, 0.3) is 0 Å². The zero-order valence-corrected chi connectivity index (χ0v) is 46.0. The standard InChI is InChI=1S/C38H42N2O6.C18H22N2S.C4H6O6/c1-39-15-13-25-20-32(42-4)34-22-28(25)29(39)17-23-7-10-27(11-8-23)45-33-19-24(9-12-31(33)41-3)18-30-36-26(14-16-40(30)2)21-35(43-5)37(44-6)38(36)46-34;1-14(12-19(2)3)13-20-15-8-4-6-10-17(15)21-18-11-7-5-9-16(18)20;5-1(3(7)8)2(6)4(9)10/h7-12,19-22,29-30H,13-18H2,1-6H3;4-11,14H,12-13H2,1-3H3;1-2,5-6H,(H,7,8)(H,9,10). The molecule has 0 saturated carbocycles. The topological polar surface area (TPSA) is 183 Å². The Morgan fingerprint density at radius 3 is 1.79 bits per heavy atom. The summed E-state index contributed by atoms with van der Waals surface area (Å²) in [6, 6.07) is 38.6. The van der Waals surface area contributed by atoms with Gasteiger partial charge in [0.05, 0.1) is 39.8 Å². The van der Waals surface area contributed by atoms with Gasteiger partial charge in [-0.3, -0.25) is 9.80 Å². The summed E-state index contributed by atoms with van der Waals surface area (Å²) in [5, 5.41) is 32.5. The fourth-order valence-corrected chi connectivity index (χ4v) is 11.6. The number of rotatable bonds is 11. The molecule has 5 unspecified atom stereocenters. The van der Waals surface area contributed by atoms with Gasteiger partial charge in [0, 0.05) is 53.6 Å². The number of carboxylic acids is 2. The Morgan fingerprint density at radius 2 is 1.21 bits per heavy atom. The van der Waals surface area contributed by atoms with E-state index in [1.54, 1.807) is 28.4 Å². The van der Waals surface area contributed by atoms with Crippen LogP contribution >= 0.6 is 11.8 Å². The summed E-state index contributed by atoms with van der Waals surface area (Å²) in [6.45, 7) is 6.34. The third-order valence-electron chi connectivity index (χ3n) is 14.4. The van der Waals surface area contributed by atoms with Gasteiger partial charge in [-0.15, -0.1) is 0 Å². The average Bonchev–Trinajstić information content (AvgIpc) is 3.42. The van der Waals surface area contributed by atoms with Gasteiger partial charge < -0.3 is 58.6 Å². The van der Waals surface area contributed by atoms with Crippen molar-refractivity contribution < 1.29 is 58.4 Å². The molecule has 5 heterocycles. The summed E-state index contributed by atoms with van der Waals surface area (Å²) < 4.78 is 37.1. The van der Waals surface area contributed by atoms with Crippen molar-refractivity contribution in [2.75, 3.05) is 87.7 Å². The van der Waals surface area contributed by atoms with Gasteiger partial charge in [0.1, 0.15) is 5.75 Å². The SMILES string of the molecule is CC(CN(C)C)CN1c2ccccc2Sc2ccccc21.COc1ccc2cc1Oc1ccc(cc1)CC1c3cc(c(OC)cc3CCN1C)Oc1c(OC)c(OC)cc3c1C(C2)N(C)CC3.O=C(O)C(O)C(O)C(=O)O. The van der Waals surface area contributed by atoms with Crippen molar-refractivity contribution in [3.05, 3.63) is 143 Å². The first-order valence-electron chi connectivity index (χ1n) is 25.6. The van der Waals surface area contributed by atoms with Crippen LogP contribution in [0.2, 0.25) is 0 Å². The lowest BCUT2D eigenvalue weighted by molar-refractivity contribution is -0.165. The number of aliphatic hydroxyl groups excluding tert-OH is 2. The lowest BCUT2D eigenvalue weighted by Gasteiger charge is -2.37. The van der Waals surface area contributed by atoms with Crippen molar-refractivity contribution in [3.8, 4) is 46.0 Å². The lowest BCUT2D eigenvalue weighted by atomic mass is 9.87. The molecular weight excluding hydrogens is 1000 g/mol. The molecule has 0 fully saturated rings. The van der Waals surface area contributed by atoms with Gasteiger partial charge in [0.15, 0.2) is 46.7 Å². The molecule has 6 bridgehead atoms. The van der Waals surface area contributed by atoms with Crippen LogP contribution in [0, 0.1) is 5.92 Å². The normalized spacial score (nSPS) is 17.5. The van der Waals surface area contributed by atoms with Crippen LogP contribution in [0.5, 0.6) is 46.0 Å². The van der Waals surface area contributed by atoms with Crippen LogP contribution in [0.15, 0.2) is 119 Å². The van der Waals surface area contributed by atoms with E-state index >= 15 is 0 Å². The molecule has 6 aromatic rings. The number of likely N-dealkylation sites (N-methyl/N-ethyl adjacent to an activating group) is 2. The van der Waals surface area contributed by atoms with Gasteiger partial charge in [-0.25, -0.2) is 9.59 Å². The van der Waals surface area contributed by atoms with Crippen molar-refractivity contribution >= 4 is 35.1 Å². The Hall–Kier alpha value is -6.99. The number of hydrogen-bond acceptors (Lipinski definition) is 15. The van der Waals surface area contributed by atoms with Crippen molar-refractivity contribution in [2.24, 2.45) is 5.92 Å². The highest BCUT2D eigenvalue weighted by Crippen LogP contribution is 2.52. The minimum Gasteiger partial charge on any atom is -0.493 e. The highest BCUT2D eigenvalue weighted by atomic mass is 32.2. The number of nitrogens with zero attached hydrogens (tertiary/aromatic N) is 4. The van der Waals surface area contributed by atoms with E-state index in [0.717, 1.165) is 68.7 Å². The third kappa shape index (κ3) is 12.7. The molecule has 0 saturated heterocycles. The molecule has 0 spiro atoms. The van der Waals surface area contributed by atoms with Crippen molar-refractivity contribution in [1.29, 1.82) is 0 Å². The first kappa shape index (κ1) is 56.2. The molecule has 4 N–H and O–H groups in total. The highest BCUT2D eigenvalue weighted by Gasteiger charge is 2.35. The maximum atomic E-state index is 9.77. The zero-order valence-electron chi connectivity index (χ0n) is 45.2. The van der Waals surface area contributed by atoms with Gasteiger partial charge >= 0.3 is 11.9 Å². The van der Waals surface area contributed by atoms with E-state index in [4.69, 9.17) is 48.8 Å². The van der Waals surface area contributed by atoms with E-state index in [1.165, 1.54) is 43.4 Å². The number of aliphatic hydroxyl groups is 2. The fraction of sp³-hybridized carbons (Fsp3) is 0.367. The largest absolute Gasteiger partial charge is 0.493 e. The summed E-state index contributed by atoms with van der Waals surface area (Å²) in [5.74, 6) is 2.49. The van der Waals surface area contributed by atoms with Gasteiger partial charge in [0.2, 0.25) is 5.75 Å². The minimum atomic E-state index is -2.27. The molecular formula is C60H70N4O12S. The maximum Gasteiger partial charge on any atom is 0.335 e. The third-order valence-corrected chi connectivity index (χ3v) is 15.5. The minimum absolute atomic E-state index is 0.000437. The second kappa shape index (κ2) is 25.0. The molecule has 5 aliphatic heterocycles.